The molecule has 2 aliphatic carbocycles. The van der Waals surface area contributed by atoms with Crippen molar-refractivity contribution in [3.63, 3.8) is 0 Å². The van der Waals surface area contributed by atoms with Crippen molar-refractivity contribution >= 4 is 5.96 Å². The van der Waals surface area contributed by atoms with Gasteiger partial charge in [-0.15, -0.1) is 0 Å². The Morgan fingerprint density at radius 3 is 2.73 bits per heavy atom. The Kier molecular flexibility index (Phi) is 4.71. The second-order valence-corrected chi connectivity index (χ2v) is 6.09. The van der Waals surface area contributed by atoms with Crippen LogP contribution in [0.2, 0.25) is 0 Å². The first-order chi connectivity index (χ1) is 10.8. The molecule has 1 aromatic rings. The summed E-state index contributed by atoms with van der Waals surface area (Å²) < 4.78 is 11.7. The van der Waals surface area contributed by atoms with Crippen LogP contribution < -0.4 is 20.5 Å². The van der Waals surface area contributed by atoms with E-state index in [1.54, 1.807) is 7.11 Å². The summed E-state index contributed by atoms with van der Waals surface area (Å²) in [4.78, 5) is 4.43. The van der Waals surface area contributed by atoms with Crippen molar-refractivity contribution in [3.8, 4) is 11.5 Å². The largest absolute Gasteiger partial charge is 0.493 e. The van der Waals surface area contributed by atoms with Crippen molar-refractivity contribution in [2.45, 2.75) is 57.2 Å². The zero-order valence-electron chi connectivity index (χ0n) is 13.2. The summed E-state index contributed by atoms with van der Waals surface area (Å²) in [6, 6.07) is 6.45. The second kappa shape index (κ2) is 6.90. The normalized spacial score (nSPS) is 19.2. The minimum atomic E-state index is 0.293. The molecule has 0 radical (unpaired) electrons. The van der Waals surface area contributed by atoms with Gasteiger partial charge in [0.1, 0.15) is 0 Å². The molecule has 5 heteroatoms. The Morgan fingerprint density at radius 2 is 2.05 bits per heavy atom. The molecule has 5 nitrogen and oxygen atoms in total. The molecule has 0 saturated heterocycles. The van der Waals surface area contributed by atoms with Gasteiger partial charge in [-0.1, -0.05) is 12.1 Å². The molecule has 0 unspecified atom stereocenters. The van der Waals surface area contributed by atoms with Crippen molar-refractivity contribution in [2.75, 3.05) is 7.11 Å². The lowest BCUT2D eigenvalue weighted by Crippen LogP contribution is -2.33. The first kappa shape index (κ1) is 15.0. The lowest BCUT2D eigenvalue weighted by molar-refractivity contribution is 0.198. The highest BCUT2D eigenvalue weighted by Crippen LogP contribution is 2.35. The number of rotatable bonds is 6. The molecular weight excluding hydrogens is 278 g/mol. The highest BCUT2D eigenvalue weighted by atomic mass is 16.5. The van der Waals surface area contributed by atoms with E-state index in [1.807, 2.05) is 18.2 Å². The maximum atomic E-state index is 6.20. The molecule has 0 aliphatic heterocycles. The maximum absolute atomic E-state index is 6.20. The number of hydrogen-bond acceptors (Lipinski definition) is 3. The van der Waals surface area contributed by atoms with Crippen molar-refractivity contribution in [1.82, 2.24) is 5.32 Å². The number of guanidine groups is 1. The number of para-hydroxylation sites is 1. The standard InChI is InChI=1S/C17H25N3O2/c1-21-15-8-4-5-12(11-19-17(18)20-13-9-10-13)16(15)22-14-6-2-3-7-14/h4-5,8,13-14H,2-3,6-7,9-11H2,1H3,(H3,18,19,20). The van der Waals surface area contributed by atoms with Crippen molar-refractivity contribution in [1.29, 1.82) is 0 Å². The SMILES string of the molecule is COc1cccc(CN=C(N)NC2CC2)c1OC1CCCC1. The molecule has 0 bridgehead atoms. The van der Waals surface area contributed by atoms with Crippen molar-refractivity contribution in [3.05, 3.63) is 23.8 Å². The van der Waals surface area contributed by atoms with Gasteiger partial charge in [0, 0.05) is 11.6 Å². The van der Waals surface area contributed by atoms with E-state index < -0.39 is 0 Å². The predicted octanol–water partition coefficient (Wildman–Crippen LogP) is 2.58. The first-order valence-corrected chi connectivity index (χ1v) is 8.15. The van der Waals surface area contributed by atoms with Gasteiger partial charge >= 0.3 is 0 Å². The fourth-order valence-corrected chi connectivity index (χ4v) is 2.81. The van der Waals surface area contributed by atoms with Gasteiger partial charge in [-0.3, -0.25) is 0 Å². The van der Waals surface area contributed by atoms with Crippen LogP contribution >= 0.6 is 0 Å². The Labute approximate surface area is 131 Å². The van der Waals surface area contributed by atoms with Gasteiger partial charge in [0.25, 0.3) is 0 Å². The van der Waals surface area contributed by atoms with Gasteiger partial charge in [0.15, 0.2) is 17.5 Å². The Bertz CT molecular complexity index is 535. The number of aliphatic imine (C=N–C) groups is 1. The summed E-state index contributed by atoms with van der Waals surface area (Å²) in [7, 11) is 1.67. The number of nitrogens with two attached hydrogens (primary N) is 1. The van der Waals surface area contributed by atoms with Crippen LogP contribution in [0.25, 0.3) is 0 Å². The molecule has 3 rings (SSSR count). The van der Waals surface area contributed by atoms with Crippen LogP contribution in [0.3, 0.4) is 0 Å². The van der Waals surface area contributed by atoms with Gasteiger partial charge in [-0.2, -0.15) is 0 Å². The quantitative estimate of drug-likeness (QED) is 0.626. The fourth-order valence-electron chi connectivity index (χ4n) is 2.81. The minimum Gasteiger partial charge on any atom is -0.493 e. The Morgan fingerprint density at radius 1 is 1.27 bits per heavy atom. The van der Waals surface area contributed by atoms with Crippen LogP contribution in [-0.4, -0.2) is 25.2 Å². The fraction of sp³-hybridized carbons (Fsp3) is 0.588. The molecule has 0 spiro atoms. The molecule has 2 fully saturated rings. The molecule has 0 amide bonds. The third-order valence-electron chi connectivity index (χ3n) is 4.22. The Hall–Kier alpha value is -1.91. The second-order valence-electron chi connectivity index (χ2n) is 6.09. The van der Waals surface area contributed by atoms with Crippen LogP contribution in [0.1, 0.15) is 44.1 Å². The summed E-state index contributed by atoms with van der Waals surface area (Å²) in [6.07, 6.45) is 7.38. The third kappa shape index (κ3) is 3.84. The van der Waals surface area contributed by atoms with Crippen LogP contribution in [-0.2, 0) is 6.54 Å². The number of methoxy groups -OCH3 is 1. The number of ether oxygens (including phenoxy) is 2. The molecule has 2 aliphatic rings. The summed E-state index contributed by atoms with van der Waals surface area (Å²) in [5.41, 5.74) is 6.93. The number of benzene rings is 1. The highest BCUT2D eigenvalue weighted by molar-refractivity contribution is 5.78. The summed E-state index contributed by atoms with van der Waals surface area (Å²) in [6.45, 7) is 0.505. The topological polar surface area (TPSA) is 68.9 Å². The minimum absolute atomic E-state index is 0.293. The highest BCUT2D eigenvalue weighted by Gasteiger charge is 2.22. The van der Waals surface area contributed by atoms with Crippen molar-refractivity contribution in [2.24, 2.45) is 10.7 Å². The zero-order chi connectivity index (χ0) is 15.4. The average molecular weight is 303 g/mol. The first-order valence-electron chi connectivity index (χ1n) is 8.15. The van der Waals surface area contributed by atoms with Crippen LogP contribution in [0.4, 0.5) is 0 Å². The molecule has 0 atom stereocenters. The third-order valence-corrected chi connectivity index (χ3v) is 4.22. The summed E-state index contributed by atoms with van der Waals surface area (Å²) in [5, 5.41) is 3.20. The molecule has 3 N–H and O–H groups in total. The van der Waals surface area contributed by atoms with E-state index >= 15 is 0 Å². The zero-order valence-corrected chi connectivity index (χ0v) is 13.2. The number of hydrogen-bond donors (Lipinski definition) is 2. The average Bonchev–Trinajstić information content (AvgIpc) is 3.18. The van der Waals surface area contributed by atoms with E-state index in [9.17, 15) is 0 Å². The Balaban J connectivity index is 1.73. The lowest BCUT2D eigenvalue weighted by Gasteiger charge is -2.18. The van der Waals surface area contributed by atoms with Crippen molar-refractivity contribution < 1.29 is 9.47 Å². The maximum Gasteiger partial charge on any atom is 0.189 e. The molecular formula is C17H25N3O2. The van der Waals surface area contributed by atoms with E-state index in [-0.39, 0.29) is 0 Å². The molecule has 1 aromatic carbocycles. The van der Waals surface area contributed by atoms with E-state index in [4.69, 9.17) is 15.2 Å². The molecule has 0 aromatic heterocycles. The van der Waals surface area contributed by atoms with Gasteiger partial charge in [0.05, 0.1) is 19.8 Å². The van der Waals surface area contributed by atoms with Gasteiger partial charge in [-0.25, -0.2) is 4.99 Å². The van der Waals surface area contributed by atoms with E-state index in [2.05, 4.69) is 10.3 Å². The van der Waals surface area contributed by atoms with E-state index in [0.29, 0.717) is 24.7 Å². The number of nitrogens with zero attached hydrogens (tertiary/aromatic N) is 1. The molecule has 0 heterocycles. The summed E-state index contributed by atoms with van der Waals surface area (Å²) >= 11 is 0. The van der Waals surface area contributed by atoms with Crippen LogP contribution in [0.5, 0.6) is 11.5 Å². The van der Waals surface area contributed by atoms with E-state index in [0.717, 1.165) is 29.9 Å². The van der Waals surface area contributed by atoms with E-state index in [1.165, 1.54) is 25.7 Å². The molecule has 2 saturated carbocycles. The number of nitrogens with one attached hydrogen (secondary N) is 1. The summed E-state index contributed by atoms with van der Waals surface area (Å²) in [5.74, 6) is 2.10. The van der Waals surface area contributed by atoms with Gasteiger partial charge in [0.2, 0.25) is 0 Å². The van der Waals surface area contributed by atoms with Gasteiger partial charge in [-0.05, 0) is 44.6 Å². The van der Waals surface area contributed by atoms with Crippen LogP contribution in [0, 0.1) is 0 Å². The lowest BCUT2D eigenvalue weighted by atomic mass is 10.1. The predicted molar refractivity (Wildman–Crippen MR) is 87.4 cm³/mol. The van der Waals surface area contributed by atoms with Gasteiger partial charge < -0.3 is 20.5 Å². The molecule has 120 valence electrons. The monoisotopic (exact) mass is 303 g/mol. The smallest absolute Gasteiger partial charge is 0.189 e. The van der Waals surface area contributed by atoms with Crippen LogP contribution in [0.15, 0.2) is 23.2 Å². The molecule has 22 heavy (non-hydrogen) atoms.